The molecule has 0 amide bonds. The molecule has 0 unspecified atom stereocenters. The number of para-hydroxylation sites is 1. The van der Waals surface area contributed by atoms with Gasteiger partial charge in [0.2, 0.25) is 0 Å². The quantitative estimate of drug-likeness (QED) is 0.344. The fourth-order valence-corrected chi connectivity index (χ4v) is 3.48. The van der Waals surface area contributed by atoms with E-state index < -0.39 is 11.7 Å². The average Bonchev–Trinajstić information content (AvgIpc) is 2.74. The zero-order chi connectivity index (χ0) is 20.5. The number of benzene rings is 3. The van der Waals surface area contributed by atoms with Crippen molar-refractivity contribution in [2.45, 2.75) is 23.7 Å². The monoisotopic (exact) mass is 413 g/mol. The van der Waals surface area contributed by atoms with Crippen LogP contribution in [0.5, 0.6) is 0 Å². The van der Waals surface area contributed by atoms with Crippen LogP contribution in [-0.4, -0.2) is 18.3 Å². The summed E-state index contributed by atoms with van der Waals surface area (Å²) in [7, 11) is 0. The van der Waals surface area contributed by atoms with Crippen LogP contribution in [0.15, 0.2) is 83.8 Å². The van der Waals surface area contributed by atoms with Crippen molar-refractivity contribution in [2.75, 3.05) is 11.9 Å². The van der Waals surface area contributed by atoms with Crippen LogP contribution in [0, 0.1) is 0 Å². The molecule has 0 bridgehead atoms. The second-order valence-corrected chi connectivity index (χ2v) is 7.30. The van der Waals surface area contributed by atoms with Crippen molar-refractivity contribution in [1.82, 2.24) is 0 Å². The van der Waals surface area contributed by atoms with Crippen LogP contribution in [0.1, 0.15) is 21.5 Å². The van der Waals surface area contributed by atoms with Gasteiger partial charge in [0.05, 0.1) is 5.56 Å². The minimum absolute atomic E-state index is 0.0624. The number of ether oxygens (including phenoxy) is 1. The molecule has 29 heavy (non-hydrogen) atoms. The fourth-order valence-electron chi connectivity index (χ4n) is 2.86. The molecule has 0 atom stereocenters. The maximum Gasteiger partial charge on any atom is 0.340 e. The number of anilines is 1. The number of alkyl halides is 2. The molecule has 3 aromatic rings. The van der Waals surface area contributed by atoms with Gasteiger partial charge in [-0.15, -0.1) is 0 Å². The third-order valence-corrected chi connectivity index (χ3v) is 5.10. The standard InChI is InChI=1S/C23H21F2NO2S/c24-23(25)29-21-13-7-4-10-18(21)16-28-22(27)19-11-5-6-12-20(19)26-15-14-17-8-2-1-3-9-17/h1-13,23,26H,14-16H2. The van der Waals surface area contributed by atoms with Crippen LogP contribution in [0.2, 0.25) is 0 Å². The zero-order valence-electron chi connectivity index (χ0n) is 15.7. The summed E-state index contributed by atoms with van der Waals surface area (Å²) in [5.74, 6) is -3.02. The highest BCUT2D eigenvalue weighted by Gasteiger charge is 2.15. The number of nitrogens with one attached hydrogen (secondary N) is 1. The smallest absolute Gasteiger partial charge is 0.340 e. The van der Waals surface area contributed by atoms with Crippen molar-refractivity contribution in [3.63, 3.8) is 0 Å². The number of esters is 1. The van der Waals surface area contributed by atoms with Gasteiger partial charge >= 0.3 is 5.97 Å². The number of carbonyl (C=O) groups excluding carboxylic acids is 1. The Morgan fingerprint density at radius 2 is 1.62 bits per heavy atom. The van der Waals surface area contributed by atoms with E-state index in [9.17, 15) is 13.6 Å². The minimum Gasteiger partial charge on any atom is -0.457 e. The van der Waals surface area contributed by atoms with Crippen LogP contribution in [0.25, 0.3) is 0 Å². The molecule has 6 heteroatoms. The molecule has 150 valence electrons. The van der Waals surface area contributed by atoms with Crippen molar-refractivity contribution < 1.29 is 18.3 Å². The first kappa shape index (κ1) is 20.9. The van der Waals surface area contributed by atoms with E-state index in [0.717, 1.165) is 6.42 Å². The molecule has 0 saturated carbocycles. The summed E-state index contributed by atoms with van der Waals surface area (Å²) < 4.78 is 30.8. The number of rotatable bonds is 9. The second-order valence-electron chi connectivity index (χ2n) is 6.27. The van der Waals surface area contributed by atoms with Gasteiger partial charge in [0, 0.05) is 22.7 Å². The molecule has 0 aliphatic heterocycles. The van der Waals surface area contributed by atoms with Crippen molar-refractivity contribution in [1.29, 1.82) is 0 Å². The van der Waals surface area contributed by atoms with Crippen LogP contribution in [0.4, 0.5) is 14.5 Å². The highest BCUT2D eigenvalue weighted by Crippen LogP contribution is 2.29. The molecule has 1 N–H and O–H groups in total. The Labute approximate surface area is 173 Å². The lowest BCUT2D eigenvalue weighted by molar-refractivity contribution is 0.0471. The summed E-state index contributed by atoms with van der Waals surface area (Å²) in [5, 5.41) is 3.27. The van der Waals surface area contributed by atoms with Gasteiger partial charge in [-0.25, -0.2) is 4.79 Å². The maximum absolute atomic E-state index is 12.7. The van der Waals surface area contributed by atoms with E-state index in [0.29, 0.717) is 40.0 Å². The molecule has 3 nitrogen and oxygen atoms in total. The predicted molar refractivity (Wildman–Crippen MR) is 113 cm³/mol. The summed E-state index contributed by atoms with van der Waals surface area (Å²) in [6.45, 7) is 0.606. The Morgan fingerprint density at radius 3 is 2.41 bits per heavy atom. The van der Waals surface area contributed by atoms with E-state index in [1.165, 1.54) is 5.56 Å². The largest absolute Gasteiger partial charge is 0.457 e. The molecule has 0 aliphatic rings. The van der Waals surface area contributed by atoms with Gasteiger partial charge in [0.25, 0.3) is 5.76 Å². The van der Waals surface area contributed by atoms with Crippen LogP contribution in [0.3, 0.4) is 0 Å². The van der Waals surface area contributed by atoms with Gasteiger partial charge in [-0.1, -0.05) is 72.4 Å². The fraction of sp³-hybridized carbons (Fsp3) is 0.174. The number of halogens is 2. The van der Waals surface area contributed by atoms with Gasteiger partial charge in [-0.3, -0.25) is 0 Å². The average molecular weight is 413 g/mol. The Hall–Kier alpha value is -2.86. The summed E-state index contributed by atoms with van der Waals surface area (Å²) in [4.78, 5) is 13.0. The molecule has 3 aromatic carbocycles. The molecule has 0 aliphatic carbocycles. The SMILES string of the molecule is O=C(OCc1ccccc1SC(F)F)c1ccccc1NCCc1ccccc1. The summed E-state index contributed by atoms with van der Waals surface area (Å²) in [5.41, 5.74) is 2.86. The summed E-state index contributed by atoms with van der Waals surface area (Å²) in [6.07, 6.45) is 0.822. The third-order valence-electron chi connectivity index (χ3n) is 4.27. The molecule has 3 rings (SSSR count). The number of hydrogen-bond donors (Lipinski definition) is 1. The lowest BCUT2D eigenvalue weighted by Crippen LogP contribution is -2.12. The van der Waals surface area contributed by atoms with E-state index in [4.69, 9.17) is 4.74 Å². The van der Waals surface area contributed by atoms with Crippen molar-refractivity contribution in [2.24, 2.45) is 0 Å². The highest BCUT2D eigenvalue weighted by atomic mass is 32.2. The number of thioether (sulfide) groups is 1. The molecular weight excluding hydrogens is 392 g/mol. The molecule has 0 heterocycles. The van der Waals surface area contributed by atoms with Gasteiger partial charge in [0.15, 0.2) is 0 Å². The molecule has 0 fully saturated rings. The van der Waals surface area contributed by atoms with Crippen LogP contribution < -0.4 is 5.32 Å². The zero-order valence-corrected chi connectivity index (χ0v) is 16.5. The van der Waals surface area contributed by atoms with Gasteiger partial charge < -0.3 is 10.1 Å². The van der Waals surface area contributed by atoms with E-state index in [-0.39, 0.29) is 6.61 Å². The topological polar surface area (TPSA) is 38.3 Å². The number of hydrogen-bond acceptors (Lipinski definition) is 4. The predicted octanol–water partition coefficient (Wildman–Crippen LogP) is 6.01. The Kier molecular flexibility index (Phi) is 7.64. The lowest BCUT2D eigenvalue weighted by Gasteiger charge is -2.13. The van der Waals surface area contributed by atoms with E-state index in [1.54, 1.807) is 36.4 Å². The van der Waals surface area contributed by atoms with Crippen molar-refractivity contribution in [3.8, 4) is 0 Å². The summed E-state index contributed by atoms with van der Waals surface area (Å²) in [6, 6.07) is 23.9. The molecule has 0 radical (unpaired) electrons. The first-order chi connectivity index (χ1) is 14.1. The Morgan fingerprint density at radius 1 is 0.931 bits per heavy atom. The Bertz CT molecular complexity index is 935. The van der Waals surface area contributed by atoms with Crippen molar-refractivity contribution >= 4 is 23.4 Å². The van der Waals surface area contributed by atoms with E-state index >= 15 is 0 Å². The molecule has 0 spiro atoms. The van der Waals surface area contributed by atoms with E-state index in [1.807, 2.05) is 30.3 Å². The normalized spacial score (nSPS) is 10.7. The van der Waals surface area contributed by atoms with Gasteiger partial charge in [-0.05, 0) is 30.2 Å². The maximum atomic E-state index is 12.7. The minimum atomic E-state index is -2.53. The Balaban J connectivity index is 1.61. The van der Waals surface area contributed by atoms with Crippen molar-refractivity contribution in [3.05, 3.63) is 95.6 Å². The third kappa shape index (κ3) is 6.32. The van der Waals surface area contributed by atoms with Gasteiger partial charge in [0.1, 0.15) is 6.61 Å². The lowest BCUT2D eigenvalue weighted by atomic mass is 10.1. The first-order valence-corrected chi connectivity index (χ1v) is 10.1. The highest BCUT2D eigenvalue weighted by molar-refractivity contribution is 7.99. The van der Waals surface area contributed by atoms with Gasteiger partial charge in [-0.2, -0.15) is 8.78 Å². The molecule has 0 saturated heterocycles. The van der Waals surface area contributed by atoms with Crippen LogP contribution in [-0.2, 0) is 17.8 Å². The van der Waals surface area contributed by atoms with E-state index in [2.05, 4.69) is 17.4 Å². The summed E-state index contributed by atoms with van der Waals surface area (Å²) >= 11 is 0.448. The van der Waals surface area contributed by atoms with Crippen LogP contribution >= 0.6 is 11.8 Å². The number of carbonyl (C=O) groups is 1. The molecular formula is C23H21F2NO2S. The molecule has 0 aromatic heterocycles. The second kappa shape index (κ2) is 10.6. The first-order valence-electron chi connectivity index (χ1n) is 9.20.